The first-order chi connectivity index (χ1) is 12.3. The zero-order valence-electron chi connectivity index (χ0n) is 14.6. The smallest absolute Gasteiger partial charge is 0.251 e. The van der Waals surface area contributed by atoms with Gasteiger partial charge < -0.3 is 5.32 Å². The van der Waals surface area contributed by atoms with Gasteiger partial charge in [0.2, 0.25) is 15.9 Å². The highest BCUT2D eigenvalue weighted by atomic mass is 32.2. The Balaban J connectivity index is 1.72. The molecule has 1 aliphatic rings. The number of carbonyl (C=O) groups excluding carboxylic acids is 2. The number of aryl methyl sites for hydroxylation is 1. The third-order valence-corrected chi connectivity index (χ3v) is 6.29. The standard InChI is InChI=1S/C19H20N2O4S/c1-13-5-3-4-6-16(13)11-20-18(22)15-7-9-17(10-8-15)21-19(23)14(2)12-26(21,24)25/h3-10,14H,11-12H2,1-2H3,(H,20,22). The van der Waals surface area contributed by atoms with Gasteiger partial charge >= 0.3 is 0 Å². The quantitative estimate of drug-likeness (QED) is 0.892. The summed E-state index contributed by atoms with van der Waals surface area (Å²) in [4.78, 5) is 24.4. The molecule has 1 unspecified atom stereocenters. The predicted octanol–water partition coefficient (Wildman–Crippen LogP) is 2.24. The number of amides is 2. The monoisotopic (exact) mass is 372 g/mol. The molecule has 0 aliphatic carbocycles. The zero-order chi connectivity index (χ0) is 18.9. The minimum absolute atomic E-state index is 0.190. The Bertz CT molecular complexity index is 952. The molecule has 0 bridgehead atoms. The van der Waals surface area contributed by atoms with Crippen molar-refractivity contribution >= 4 is 27.5 Å². The van der Waals surface area contributed by atoms with E-state index < -0.39 is 21.8 Å². The molecule has 1 aliphatic heterocycles. The lowest BCUT2D eigenvalue weighted by atomic mass is 10.1. The fourth-order valence-corrected chi connectivity index (χ4v) is 4.74. The number of benzene rings is 2. The number of sulfonamides is 1. The van der Waals surface area contributed by atoms with E-state index in [1.165, 1.54) is 24.3 Å². The van der Waals surface area contributed by atoms with Crippen LogP contribution >= 0.6 is 0 Å². The van der Waals surface area contributed by atoms with E-state index in [4.69, 9.17) is 0 Å². The van der Waals surface area contributed by atoms with Gasteiger partial charge in [-0.1, -0.05) is 31.2 Å². The van der Waals surface area contributed by atoms with Crippen molar-refractivity contribution < 1.29 is 18.0 Å². The van der Waals surface area contributed by atoms with Crippen LogP contribution in [0.5, 0.6) is 0 Å². The normalized spacial score (nSPS) is 18.8. The molecule has 7 heteroatoms. The average molecular weight is 372 g/mol. The SMILES string of the molecule is Cc1ccccc1CNC(=O)c1ccc(N2C(=O)C(C)CS2(=O)=O)cc1. The Morgan fingerprint density at radius 1 is 1.15 bits per heavy atom. The van der Waals surface area contributed by atoms with E-state index >= 15 is 0 Å². The van der Waals surface area contributed by atoms with Gasteiger partial charge in [-0.05, 0) is 42.3 Å². The number of nitrogens with zero attached hydrogens (tertiary/aromatic N) is 1. The van der Waals surface area contributed by atoms with Crippen molar-refractivity contribution in [3.63, 3.8) is 0 Å². The summed E-state index contributed by atoms with van der Waals surface area (Å²) in [6.45, 7) is 3.97. The summed E-state index contributed by atoms with van der Waals surface area (Å²) in [5.74, 6) is -1.45. The number of anilines is 1. The van der Waals surface area contributed by atoms with Crippen molar-refractivity contribution in [3.8, 4) is 0 Å². The number of carbonyl (C=O) groups is 2. The van der Waals surface area contributed by atoms with Crippen molar-refractivity contribution in [1.82, 2.24) is 5.32 Å². The number of nitrogens with one attached hydrogen (secondary N) is 1. The molecular weight excluding hydrogens is 352 g/mol. The third-order valence-electron chi connectivity index (χ3n) is 4.43. The van der Waals surface area contributed by atoms with Gasteiger partial charge in [0.05, 0.1) is 17.4 Å². The molecule has 0 saturated carbocycles. The van der Waals surface area contributed by atoms with Crippen LogP contribution in [0.3, 0.4) is 0 Å². The summed E-state index contributed by atoms with van der Waals surface area (Å²) in [5.41, 5.74) is 2.78. The highest BCUT2D eigenvalue weighted by molar-refractivity contribution is 7.94. The van der Waals surface area contributed by atoms with Crippen LogP contribution in [0, 0.1) is 12.8 Å². The first kappa shape index (κ1) is 18.1. The van der Waals surface area contributed by atoms with Crippen LogP contribution in [0.4, 0.5) is 5.69 Å². The van der Waals surface area contributed by atoms with Gasteiger partial charge in [0.25, 0.3) is 5.91 Å². The van der Waals surface area contributed by atoms with Crippen LogP contribution in [0.2, 0.25) is 0 Å². The molecule has 2 amide bonds. The van der Waals surface area contributed by atoms with Gasteiger partial charge in [-0.3, -0.25) is 9.59 Å². The lowest BCUT2D eigenvalue weighted by molar-refractivity contribution is -0.119. The molecule has 1 saturated heterocycles. The Hall–Kier alpha value is -2.67. The maximum absolute atomic E-state index is 12.3. The molecular formula is C19H20N2O4S. The molecule has 0 aromatic heterocycles. The first-order valence-corrected chi connectivity index (χ1v) is 9.90. The molecule has 1 N–H and O–H groups in total. The van der Waals surface area contributed by atoms with Crippen LogP contribution in [0.1, 0.15) is 28.4 Å². The molecule has 2 aromatic carbocycles. The highest BCUT2D eigenvalue weighted by Crippen LogP contribution is 2.28. The summed E-state index contributed by atoms with van der Waals surface area (Å²) < 4.78 is 25.1. The van der Waals surface area contributed by atoms with Crippen LogP contribution in [0.15, 0.2) is 48.5 Å². The summed E-state index contributed by atoms with van der Waals surface area (Å²) in [7, 11) is -3.64. The van der Waals surface area contributed by atoms with Crippen molar-refractivity contribution in [2.75, 3.05) is 10.1 Å². The van der Waals surface area contributed by atoms with Crippen LogP contribution < -0.4 is 9.62 Å². The summed E-state index contributed by atoms with van der Waals surface area (Å²) in [6, 6.07) is 13.8. The van der Waals surface area contributed by atoms with E-state index in [1.54, 1.807) is 6.92 Å². The minimum Gasteiger partial charge on any atom is -0.348 e. The molecule has 2 aromatic rings. The molecule has 3 rings (SSSR count). The van der Waals surface area contributed by atoms with E-state index in [0.29, 0.717) is 12.1 Å². The second-order valence-corrected chi connectivity index (χ2v) is 8.30. The Kier molecular flexibility index (Phi) is 4.82. The van der Waals surface area contributed by atoms with Gasteiger partial charge in [-0.15, -0.1) is 0 Å². The fraction of sp³-hybridized carbons (Fsp3) is 0.263. The maximum Gasteiger partial charge on any atom is 0.251 e. The van der Waals surface area contributed by atoms with Crippen LogP contribution in [-0.4, -0.2) is 26.0 Å². The molecule has 0 spiro atoms. The van der Waals surface area contributed by atoms with E-state index in [2.05, 4.69) is 5.32 Å². The Labute approximate surface area is 152 Å². The topological polar surface area (TPSA) is 83.6 Å². The average Bonchev–Trinajstić information content (AvgIpc) is 2.81. The van der Waals surface area contributed by atoms with Crippen molar-refractivity contribution in [1.29, 1.82) is 0 Å². The van der Waals surface area contributed by atoms with Crippen LogP contribution in [0.25, 0.3) is 0 Å². The van der Waals surface area contributed by atoms with E-state index in [9.17, 15) is 18.0 Å². The summed E-state index contributed by atoms with van der Waals surface area (Å²) in [6.07, 6.45) is 0. The molecule has 6 nitrogen and oxygen atoms in total. The molecule has 136 valence electrons. The molecule has 1 fully saturated rings. The third kappa shape index (κ3) is 3.48. The van der Waals surface area contributed by atoms with Gasteiger partial charge in [-0.25, -0.2) is 12.7 Å². The second-order valence-electron chi connectivity index (χ2n) is 6.44. The first-order valence-electron chi connectivity index (χ1n) is 8.29. The predicted molar refractivity (Wildman–Crippen MR) is 99.2 cm³/mol. The highest BCUT2D eigenvalue weighted by Gasteiger charge is 2.41. The van der Waals surface area contributed by atoms with Gasteiger partial charge in [-0.2, -0.15) is 0 Å². The van der Waals surface area contributed by atoms with Crippen molar-refractivity contribution in [3.05, 3.63) is 65.2 Å². The van der Waals surface area contributed by atoms with Crippen molar-refractivity contribution in [2.45, 2.75) is 20.4 Å². The molecule has 1 atom stereocenters. The van der Waals surface area contributed by atoms with E-state index in [0.717, 1.165) is 15.4 Å². The van der Waals surface area contributed by atoms with Gasteiger partial charge in [0.1, 0.15) is 0 Å². The summed E-state index contributed by atoms with van der Waals surface area (Å²) in [5, 5.41) is 2.84. The molecule has 26 heavy (non-hydrogen) atoms. The largest absolute Gasteiger partial charge is 0.348 e. The van der Waals surface area contributed by atoms with Gasteiger partial charge in [0.15, 0.2) is 0 Å². The Morgan fingerprint density at radius 2 is 1.81 bits per heavy atom. The van der Waals surface area contributed by atoms with Gasteiger partial charge in [0, 0.05) is 12.1 Å². The van der Waals surface area contributed by atoms with E-state index in [-0.39, 0.29) is 17.3 Å². The lowest BCUT2D eigenvalue weighted by Crippen LogP contribution is -2.30. The van der Waals surface area contributed by atoms with Crippen LogP contribution in [-0.2, 0) is 21.4 Å². The van der Waals surface area contributed by atoms with E-state index in [1.807, 2.05) is 31.2 Å². The lowest BCUT2D eigenvalue weighted by Gasteiger charge is -2.15. The van der Waals surface area contributed by atoms with Crippen molar-refractivity contribution in [2.24, 2.45) is 5.92 Å². The number of hydrogen-bond acceptors (Lipinski definition) is 4. The summed E-state index contributed by atoms with van der Waals surface area (Å²) >= 11 is 0. The molecule has 1 heterocycles. The second kappa shape index (κ2) is 6.92. The fourth-order valence-electron chi connectivity index (χ4n) is 2.92. The number of rotatable bonds is 4. The minimum atomic E-state index is -3.64. The number of hydrogen-bond donors (Lipinski definition) is 1. The Morgan fingerprint density at radius 3 is 2.38 bits per heavy atom. The molecule has 0 radical (unpaired) electrons. The zero-order valence-corrected chi connectivity index (χ0v) is 15.4. The maximum atomic E-state index is 12.3.